The monoisotopic (exact) mass is 324 g/mol. The Balaban J connectivity index is 1.59. The van der Waals surface area contributed by atoms with Crippen molar-refractivity contribution >= 4 is 5.97 Å². The number of hydrogen-bond acceptors (Lipinski definition) is 3. The molecule has 1 aromatic rings. The first-order valence-corrected chi connectivity index (χ1v) is 8.68. The van der Waals surface area contributed by atoms with Crippen LogP contribution in [0.15, 0.2) is 66.8 Å². The number of esters is 1. The van der Waals surface area contributed by atoms with E-state index in [4.69, 9.17) is 9.47 Å². The van der Waals surface area contributed by atoms with E-state index in [1.807, 2.05) is 54.6 Å². The van der Waals surface area contributed by atoms with Gasteiger partial charge in [0, 0.05) is 0 Å². The third-order valence-electron chi connectivity index (χ3n) is 4.48. The summed E-state index contributed by atoms with van der Waals surface area (Å²) in [6, 6.07) is 9.76. The Morgan fingerprint density at radius 3 is 2.58 bits per heavy atom. The van der Waals surface area contributed by atoms with Crippen LogP contribution in [-0.2, 0) is 19.7 Å². The van der Waals surface area contributed by atoms with Crippen LogP contribution in [0.1, 0.15) is 31.2 Å². The smallest absolute Gasteiger partial charge is 0.324 e. The number of carbonyl (C=O) groups is 1. The summed E-state index contributed by atoms with van der Waals surface area (Å²) >= 11 is 0. The minimum Gasteiger partial charge on any atom is -0.462 e. The van der Waals surface area contributed by atoms with Crippen LogP contribution in [0.4, 0.5) is 0 Å². The maximum Gasteiger partial charge on any atom is 0.324 e. The molecule has 0 radical (unpaired) electrons. The van der Waals surface area contributed by atoms with E-state index in [-0.39, 0.29) is 18.7 Å². The molecule has 126 valence electrons. The van der Waals surface area contributed by atoms with Crippen LogP contribution in [0.5, 0.6) is 0 Å². The molecule has 3 heteroatoms. The molecule has 0 saturated carbocycles. The van der Waals surface area contributed by atoms with Crippen LogP contribution >= 0.6 is 0 Å². The molecule has 0 heterocycles. The van der Waals surface area contributed by atoms with Gasteiger partial charge < -0.3 is 9.47 Å². The van der Waals surface area contributed by atoms with Crippen molar-refractivity contribution in [1.82, 2.24) is 0 Å². The van der Waals surface area contributed by atoms with Gasteiger partial charge >= 0.3 is 5.97 Å². The Kier molecular flexibility index (Phi) is 5.65. The minimum atomic E-state index is -0.815. The molecule has 0 N–H and O–H groups in total. The Morgan fingerprint density at radius 1 is 1.08 bits per heavy atom. The predicted molar refractivity (Wildman–Crippen MR) is 94.7 cm³/mol. The number of benzene rings is 1. The van der Waals surface area contributed by atoms with Gasteiger partial charge in [0.25, 0.3) is 0 Å². The largest absolute Gasteiger partial charge is 0.462 e. The molecule has 0 amide bonds. The molecule has 0 aromatic heterocycles. The molecule has 2 aliphatic carbocycles. The molecular weight excluding hydrogens is 300 g/mol. The fourth-order valence-electron chi connectivity index (χ4n) is 3.18. The summed E-state index contributed by atoms with van der Waals surface area (Å²) in [4.78, 5) is 12.8. The standard InChI is InChI=1S/C21H24O3/c22-20(24-17-16-23-19-12-6-2-7-13-19)21(14-8-3-9-15-21)18-10-4-1-5-11-18/h1,4-6,8-12,14-15,19H,2-3,7,13,16-17H2. The number of carbonyl (C=O) groups excluding carboxylic acids is 1. The van der Waals surface area contributed by atoms with Gasteiger partial charge in [-0.1, -0.05) is 66.8 Å². The molecule has 0 bridgehead atoms. The predicted octanol–water partition coefficient (Wildman–Crippen LogP) is 4.11. The molecule has 1 aromatic carbocycles. The second kappa shape index (κ2) is 8.11. The number of ether oxygens (including phenoxy) is 2. The summed E-state index contributed by atoms with van der Waals surface area (Å²) in [6.07, 6.45) is 16.5. The zero-order valence-electron chi connectivity index (χ0n) is 13.9. The molecule has 3 rings (SSSR count). The minimum absolute atomic E-state index is 0.162. The van der Waals surface area contributed by atoms with Crippen LogP contribution in [0.25, 0.3) is 0 Å². The lowest BCUT2D eigenvalue weighted by Gasteiger charge is -2.27. The lowest BCUT2D eigenvalue weighted by Crippen LogP contribution is -2.35. The van der Waals surface area contributed by atoms with E-state index in [2.05, 4.69) is 12.2 Å². The maximum absolute atomic E-state index is 12.8. The average molecular weight is 324 g/mol. The summed E-state index contributed by atoms with van der Waals surface area (Å²) in [6.45, 7) is 0.707. The summed E-state index contributed by atoms with van der Waals surface area (Å²) in [5.41, 5.74) is 0.114. The van der Waals surface area contributed by atoms with Crippen molar-refractivity contribution in [3.05, 3.63) is 72.4 Å². The quantitative estimate of drug-likeness (QED) is 0.449. The van der Waals surface area contributed by atoms with Crippen LogP contribution in [-0.4, -0.2) is 25.3 Å². The normalized spacial score (nSPS) is 21.6. The van der Waals surface area contributed by atoms with Gasteiger partial charge in [0.1, 0.15) is 12.0 Å². The van der Waals surface area contributed by atoms with E-state index in [9.17, 15) is 4.79 Å². The lowest BCUT2D eigenvalue weighted by molar-refractivity contribution is -0.149. The van der Waals surface area contributed by atoms with Crippen molar-refractivity contribution in [1.29, 1.82) is 0 Å². The Labute approximate surface area is 143 Å². The highest BCUT2D eigenvalue weighted by Gasteiger charge is 2.37. The molecular formula is C21H24O3. The molecule has 0 spiro atoms. The van der Waals surface area contributed by atoms with Gasteiger partial charge in [-0.15, -0.1) is 0 Å². The summed E-state index contributed by atoms with van der Waals surface area (Å²) < 4.78 is 11.3. The van der Waals surface area contributed by atoms with Crippen LogP contribution in [0.2, 0.25) is 0 Å². The zero-order chi connectivity index (χ0) is 16.7. The van der Waals surface area contributed by atoms with Crippen molar-refractivity contribution in [3.8, 4) is 0 Å². The van der Waals surface area contributed by atoms with Gasteiger partial charge in [-0.25, -0.2) is 0 Å². The van der Waals surface area contributed by atoms with Crippen molar-refractivity contribution in [2.45, 2.75) is 37.2 Å². The van der Waals surface area contributed by atoms with Gasteiger partial charge in [0.05, 0.1) is 12.7 Å². The molecule has 0 aliphatic heterocycles. The molecule has 2 aliphatic rings. The Morgan fingerprint density at radius 2 is 1.88 bits per heavy atom. The number of rotatable bonds is 6. The molecule has 0 saturated heterocycles. The van der Waals surface area contributed by atoms with Gasteiger partial charge in [0.2, 0.25) is 0 Å². The fraction of sp³-hybridized carbons (Fsp3) is 0.381. The number of allylic oxidation sites excluding steroid dienone is 3. The molecule has 3 nitrogen and oxygen atoms in total. The van der Waals surface area contributed by atoms with Gasteiger partial charge in [-0.05, 0) is 31.2 Å². The number of hydrogen-bond donors (Lipinski definition) is 0. The van der Waals surface area contributed by atoms with E-state index in [1.165, 1.54) is 0 Å². The first kappa shape index (κ1) is 16.7. The lowest BCUT2D eigenvalue weighted by atomic mass is 9.77. The second-order valence-electron chi connectivity index (χ2n) is 6.18. The SMILES string of the molecule is O=C(OCCOC1C=CCCC1)C1(c2ccccc2)C=CCC=C1. The molecule has 24 heavy (non-hydrogen) atoms. The van der Waals surface area contributed by atoms with Crippen molar-refractivity contribution < 1.29 is 14.3 Å². The highest BCUT2D eigenvalue weighted by molar-refractivity contribution is 5.88. The van der Waals surface area contributed by atoms with Crippen LogP contribution in [0.3, 0.4) is 0 Å². The van der Waals surface area contributed by atoms with E-state index in [1.54, 1.807) is 0 Å². The van der Waals surface area contributed by atoms with E-state index in [0.29, 0.717) is 6.61 Å². The summed E-state index contributed by atoms with van der Waals surface area (Å²) in [7, 11) is 0. The average Bonchev–Trinajstić information content (AvgIpc) is 2.67. The van der Waals surface area contributed by atoms with E-state index in [0.717, 1.165) is 31.2 Å². The fourth-order valence-corrected chi connectivity index (χ4v) is 3.18. The third-order valence-corrected chi connectivity index (χ3v) is 4.48. The van der Waals surface area contributed by atoms with E-state index >= 15 is 0 Å². The highest BCUT2D eigenvalue weighted by atomic mass is 16.6. The summed E-state index contributed by atoms with van der Waals surface area (Å²) in [5.74, 6) is -0.247. The van der Waals surface area contributed by atoms with Crippen LogP contribution < -0.4 is 0 Å². The Bertz CT molecular complexity index is 616. The van der Waals surface area contributed by atoms with Crippen molar-refractivity contribution in [3.63, 3.8) is 0 Å². The molecule has 0 fully saturated rings. The summed E-state index contributed by atoms with van der Waals surface area (Å²) in [5, 5.41) is 0. The first-order valence-electron chi connectivity index (χ1n) is 8.68. The third kappa shape index (κ3) is 3.85. The van der Waals surface area contributed by atoms with E-state index < -0.39 is 5.41 Å². The highest BCUT2D eigenvalue weighted by Crippen LogP contribution is 2.32. The van der Waals surface area contributed by atoms with Gasteiger partial charge in [0.15, 0.2) is 0 Å². The zero-order valence-corrected chi connectivity index (χ0v) is 13.9. The maximum atomic E-state index is 12.8. The van der Waals surface area contributed by atoms with Crippen molar-refractivity contribution in [2.24, 2.45) is 0 Å². The van der Waals surface area contributed by atoms with Gasteiger partial charge in [-0.3, -0.25) is 4.79 Å². The van der Waals surface area contributed by atoms with Gasteiger partial charge in [-0.2, -0.15) is 0 Å². The van der Waals surface area contributed by atoms with Crippen LogP contribution in [0, 0.1) is 0 Å². The Hall–Kier alpha value is -2.13. The van der Waals surface area contributed by atoms with Crippen molar-refractivity contribution in [2.75, 3.05) is 13.2 Å². The first-order chi connectivity index (χ1) is 11.8. The molecule has 1 unspecified atom stereocenters. The topological polar surface area (TPSA) is 35.5 Å². The molecule has 1 atom stereocenters. The second-order valence-corrected chi connectivity index (χ2v) is 6.18.